The minimum Gasteiger partial charge on any atom is -0.481 e. The van der Waals surface area contributed by atoms with Crippen LogP contribution in [0.5, 0.6) is 0 Å². The molecule has 2 fully saturated rings. The van der Waals surface area contributed by atoms with Crippen LogP contribution in [0.1, 0.15) is 33.6 Å². The molecule has 2 atom stereocenters. The summed E-state index contributed by atoms with van der Waals surface area (Å²) in [5.41, 5.74) is -0.0446. The van der Waals surface area contributed by atoms with Crippen molar-refractivity contribution in [1.82, 2.24) is 10.2 Å². The fourth-order valence-electron chi connectivity index (χ4n) is 2.97. The van der Waals surface area contributed by atoms with Gasteiger partial charge in [0.25, 0.3) is 0 Å². The molecule has 6 heteroatoms. The number of hydrogen-bond acceptors (Lipinski definition) is 3. The molecule has 1 aliphatic carbocycles. The van der Waals surface area contributed by atoms with Crippen molar-refractivity contribution < 1.29 is 19.4 Å². The summed E-state index contributed by atoms with van der Waals surface area (Å²) in [6, 6.07) is 0.0461. The first-order chi connectivity index (χ1) is 9.34. The molecular weight excluding hydrogens is 260 g/mol. The van der Waals surface area contributed by atoms with Crippen molar-refractivity contribution in [3.05, 3.63) is 0 Å². The zero-order chi connectivity index (χ0) is 14.9. The summed E-state index contributed by atoms with van der Waals surface area (Å²) in [6.07, 6.45) is 1.19. The van der Waals surface area contributed by atoms with Gasteiger partial charge in [0.2, 0.25) is 0 Å². The van der Waals surface area contributed by atoms with E-state index >= 15 is 0 Å². The van der Waals surface area contributed by atoms with E-state index in [0.29, 0.717) is 19.7 Å². The first-order valence-electron chi connectivity index (χ1n) is 7.23. The summed E-state index contributed by atoms with van der Waals surface area (Å²) in [4.78, 5) is 24.3. The number of nitrogens with one attached hydrogen (secondary N) is 1. The lowest BCUT2D eigenvalue weighted by Gasteiger charge is -2.52. The summed E-state index contributed by atoms with van der Waals surface area (Å²) in [5.74, 6) is -0.696. The second-order valence-electron chi connectivity index (χ2n) is 6.37. The van der Waals surface area contributed by atoms with Crippen LogP contribution < -0.4 is 5.32 Å². The van der Waals surface area contributed by atoms with Crippen LogP contribution in [0, 0.1) is 11.3 Å². The van der Waals surface area contributed by atoms with Gasteiger partial charge in [-0.05, 0) is 13.3 Å². The maximum Gasteiger partial charge on any atom is 0.317 e. The highest BCUT2D eigenvalue weighted by Crippen LogP contribution is 2.42. The Hall–Kier alpha value is -1.30. The molecule has 0 radical (unpaired) electrons. The van der Waals surface area contributed by atoms with E-state index in [4.69, 9.17) is 9.84 Å². The van der Waals surface area contributed by atoms with Gasteiger partial charge in [-0.25, -0.2) is 4.79 Å². The summed E-state index contributed by atoms with van der Waals surface area (Å²) in [7, 11) is 0. The molecule has 2 N–H and O–H groups in total. The Balaban J connectivity index is 1.73. The molecule has 1 aliphatic heterocycles. The van der Waals surface area contributed by atoms with Crippen LogP contribution in [0.25, 0.3) is 0 Å². The fourth-order valence-corrected chi connectivity index (χ4v) is 2.97. The largest absolute Gasteiger partial charge is 0.481 e. The number of nitrogens with zero attached hydrogens (tertiary/aromatic N) is 1. The molecule has 1 saturated heterocycles. The third-order valence-corrected chi connectivity index (χ3v) is 4.55. The zero-order valence-corrected chi connectivity index (χ0v) is 12.4. The SMILES string of the molecule is CCOC1CC(NC(=O)N2CC(CC(=O)O)C2)C1(C)C. The molecule has 2 rings (SSSR count). The average molecular weight is 284 g/mol. The third-order valence-electron chi connectivity index (χ3n) is 4.55. The number of carbonyl (C=O) groups excluding carboxylic acids is 1. The number of carboxylic acid groups (broad SMARTS) is 1. The Morgan fingerprint density at radius 1 is 1.40 bits per heavy atom. The minimum atomic E-state index is -0.797. The van der Waals surface area contributed by atoms with Gasteiger partial charge in [-0.3, -0.25) is 4.79 Å². The van der Waals surface area contributed by atoms with Gasteiger partial charge in [-0.15, -0.1) is 0 Å². The van der Waals surface area contributed by atoms with E-state index in [0.717, 1.165) is 6.42 Å². The van der Waals surface area contributed by atoms with Crippen LogP contribution >= 0.6 is 0 Å². The topological polar surface area (TPSA) is 78.9 Å². The molecule has 0 aromatic rings. The molecule has 114 valence electrons. The molecule has 0 bridgehead atoms. The van der Waals surface area contributed by atoms with Gasteiger partial charge in [0.1, 0.15) is 0 Å². The van der Waals surface area contributed by atoms with E-state index < -0.39 is 5.97 Å². The number of aliphatic carboxylic acids is 1. The zero-order valence-electron chi connectivity index (χ0n) is 12.4. The Kier molecular flexibility index (Phi) is 4.22. The Labute approximate surface area is 119 Å². The molecule has 2 amide bonds. The number of rotatable bonds is 5. The molecule has 2 unspecified atom stereocenters. The number of carbonyl (C=O) groups is 2. The van der Waals surface area contributed by atoms with E-state index in [9.17, 15) is 9.59 Å². The number of hydrogen-bond donors (Lipinski definition) is 2. The molecular formula is C14H24N2O4. The monoisotopic (exact) mass is 284 g/mol. The molecule has 0 aromatic heterocycles. The number of amides is 2. The van der Waals surface area contributed by atoms with E-state index in [1.807, 2.05) is 6.92 Å². The van der Waals surface area contributed by atoms with Crippen LogP contribution in [-0.4, -0.2) is 53.8 Å². The smallest absolute Gasteiger partial charge is 0.317 e. The maximum absolute atomic E-state index is 12.0. The number of likely N-dealkylation sites (tertiary alicyclic amines) is 1. The molecule has 20 heavy (non-hydrogen) atoms. The normalized spacial score (nSPS) is 28.4. The van der Waals surface area contributed by atoms with Gasteiger partial charge in [-0.1, -0.05) is 13.8 Å². The first kappa shape index (κ1) is 15.1. The van der Waals surface area contributed by atoms with Crippen LogP contribution in [-0.2, 0) is 9.53 Å². The minimum absolute atomic E-state index is 0.0446. The van der Waals surface area contributed by atoms with Gasteiger partial charge in [-0.2, -0.15) is 0 Å². The van der Waals surface area contributed by atoms with Crippen molar-refractivity contribution in [3.63, 3.8) is 0 Å². The Bertz CT molecular complexity index is 391. The Morgan fingerprint density at radius 2 is 2.05 bits per heavy atom. The summed E-state index contributed by atoms with van der Waals surface area (Å²) in [5, 5.41) is 11.7. The number of carboxylic acids is 1. The average Bonchev–Trinajstić information content (AvgIpc) is 2.31. The molecule has 0 spiro atoms. The van der Waals surface area contributed by atoms with Gasteiger partial charge in [0, 0.05) is 37.1 Å². The second-order valence-corrected chi connectivity index (χ2v) is 6.37. The van der Waals surface area contributed by atoms with Crippen molar-refractivity contribution in [1.29, 1.82) is 0 Å². The van der Waals surface area contributed by atoms with Gasteiger partial charge in [0.15, 0.2) is 0 Å². The summed E-state index contributed by atoms with van der Waals surface area (Å²) in [6.45, 7) is 7.96. The molecule has 0 aromatic carbocycles. The van der Waals surface area contributed by atoms with Gasteiger partial charge < -0.3 is 20.1 Å². The standard InChI is InChI=1S/C14H24N2O4/c1-4-20-11-6-10(14(11,2)3)15-13(19)16-7-9(8-16)5-12(17)18/h9-11H,4-8H2,1-3H3,(H,15,19)(H,17,18). The highest BCUT2D eigenvalue weighted by molar-refractivity contribution is 5.76. The number of ether oxygens (including phenoxy) is 1. The van der Waals surface area contributed by atoms with Crippen LogP contribution in [0.2, 0.25) is 0 Å². The van der Waals surface area contributed by atoms with Crippen molar-refractivity contribution >= 4 is 12.0 Å². The number of urea groups is 1. The van der Waals surface area contributed by atoms with E-state index in [1.54, 1.807) is 4.90 Å². The van der Waals surface area contributed by atoms with Crippen LogP contribution in [0.15, 0.2) is 0 Å². The maximum atomic E-state index is 12.0. The first-order valence-corrected chi connectivity index (χ1v) is 7.23. The molecule has 1 heterocycles. The molecule has 2 aliphatic rings. The molecule has 1 saturated carbocycles. The summed E-state index contributed by atoms with van der Waals surface area (Å²) < 4.78 is 5.64. The lowest BCUT2D eigenvalue weighted by atomic mass is 9.64. The van der Waals surface area contributed by atoms with E-state index in [1.165, 1.54) is 0 Å². The predicted molar refractivity (Wildman–Crippen MR) is 73.4 cm³/mol. The fraction of sp³-hybridized carbons (Fsp3) is 0.857. The van der Waals surface area contributed by atoms with Crippen molar-refractivity contribution in [2.75, 3.05) is 19.7 Å². The second kappa shape index (κ2) is 5.60. The van der Waals surface area contributed by atoms with Crippen LogP contribution in [0.3, 0.4) is 0 Å². The van der Waals surface area contributed by atoms with Crippen molar-refractivity contribution in [2.24, 2.45) is 11.3 Å². The lowest BCUT2D eigenvalue weighted by Crippen LogP contribution is -2.65. The predicted octanol–water partition coefficient (Wildman–Crippen LogP) is 1.31. The summed E-state index contributed by atoms with van der Waals surface area (Å²) >= 11 is 0. The van der Waals surface area contributed by atoms with Crippen molar-refractivity contribution in [2.45, 2.75) is 45.8 Å². The molecule has 6 nitrogen and oxygen atoms in total. The Morgan fingerprint density at radius 3 is 2.55 bits per heavy atom. The van der Waals surface area contributed by atoms with E-state index in [-0.39, 0.29) is 35.9 Å². The highest BCUT2D eigenvalue weighted by Gasteiger charge is 2.50. The van der Waals surface area contributed by atoms with Gasteiger partial charge in [0.05, 0.1) is 12.5 Å². The quantitative estimate of drug-likeness (QED) is 0.797. The van der Waals surface area contributed by atoms with Crippen molar-refractivity contribution in [3.8, 4) is 0 Å². The van der Waals surface area contributed by atoms with E-state index in [2.05, 4.69) is 19.2 Å². The van der Waals surface area contributed by atoms with Gasteiger partial charge >= 0.3 is 12.0 Å². The highest BCUT2D eigenvalue weighted by atomic mass is 16.5. The lowest BCUT2D eigenvalue weighted by molar-refractivity contribution is -0.139. The van der Waals surface area contributed by atoms with Crippen LogP contribution in [0.4, 0.5) is 4.79 Å². The third kappa shape index (κ3) is 2.90.